The topological polar surface area (TPSA) is 41.1 Å². The molecular formula is C12H16Cl2N4. The zero-order valence-electron chi connectivity index (χ0n) is 10.2. The summed E-state index contributed by atoms with van der Waals surface area (Å²) in [4.78, 5) is 2.20. The molecule has 0 saturated carbocycles. The second-order valence-electron chi connectivity index (χ2n) is 5.22. The second kappa shape index (κ2) is 4.83. The van der Waals surface area contributed by atoms with Gasteiger partial charge in [0.1, 0.15) is 0 Å². The Kier molecular flexibility index (Phi) is 3.34. The first-order valence-electron chi connectivity index (χ1n) is 6.31. The number of anilines is 1. The lowest BCUT2D eigenvalue weighted by Gasteiger charge is -2.36. The lowest BCUT2D eigenvalue weighted by Crippen LogP contribution is -2.47. The molecule has 2 saturated heterocycles. The average Bonchev–Trinajstić information content (AvgIpc) is 2.70. The normalized spacial score (nSPS) is 30.5. The summed E-state index contributed by atoms with van der Waals surface area (Å²) in [6, 6.07) is 3.60. The Bertz CT molecular complexity index is 442. The summed E-state index contributed by atoms with van der Waals surface area (Å²) in [5.41, 5.74) is 0.878. The summed E-state index contributed by atoms with van der Waals surface area (Å²) in [5.74, 6) is 0. The molecule has 2 bridgehead atoms. The third kappa shape index (κ3) is 2.29. The molecule has 0 aromatic carbocycles. The van der Waals surface area contributed by atoms with Crippen LogP contribution in [-0.4, -0.2) is 35.4 Å². The number of hydrogen-bond donors (Lipinski definition) is 1. The molecule has 1 N–H and O–H groups in total. The minimum absolute atomic E-state index is 0.387. The second-order valence-corrected chi connectivity index (χ2v) is 5.96. The van der Waals surface area contributed by atoms with Crippen molar-refractivity contribution in [3.8, 4) is 0 Å². The molecule has 3 rings (SSSR count). The van der Waals surface area contributed by atoms with Crippen LogP contribution in [0.25, 0.3) is 0 Å². The first-order chi connectivity index (χ1) is 8.63. The molecule has 1 aromatic heterocycles. The van der Waals surface area contributed by atoms with Gasteiger partial charge in [-0.1, -0.05) is 23.2 Å². The van der Waals surface area contributed by atoms with Crippen LogP contribution >= 0.6 is 23.2 Å². The zero-order chi connectivity index (χ0) is 12.7. The predicted molar refractivity (Wildman–Crippen MR) is 73.4 cm³/mol. The molecule has 4 nitrogen and oxygen atoms in total. The highest BCUT2D eigenvalue weighted by Gasteiger charge is 2.35. The van der Waals surface area contributed by atoms with E-state index in [9.17, 15) is 0 Å². The van der Waals surface area contributed by atoms with Crippen molar-refractivity contribution >= 4 is 28.9 Å². The Hall–Kier alpha value is -0.580. The molecule has 2 aliphatic rings. The van der Waals surface area contributed by atoms with Crippen LogP contribution in [0.2, 0.25) is 10.3 Å². The summed E-state index contributed by atoms with van der Waals surface area (Å²) in [6.07, 6.45) is 4.89. The smallest absolute Gasteiger partial charge is 0.175 e. The number of hydrogen-bond acceptors (Lipinski definition) is 4. The van der Waals surface area contributed by atoms with Gasteiger partial charge >= 0.3 is 0 Å². The van der Waals surface area contributed by atoms with Gasteiger partial charge in [-0.2, -0.15) is 0 Å². The fraction of sp³-hybridized carbons (Fsp3) is 0.667. The van der Waals surface area contributed by atoms with Gasteiger partial charge in [-0.15, -0.1) is 10.2 Å². The molecule has 18 heavy (non-hydrogen) atoms. The maximum atomic E-state index is 6.11. The van der Waals surface area contributed by atoms with Crippen molar-refractivity contribution in [2.75, 3.05) is 11.9 Å². The Balaban J connectivity index is 1.81. The van der Waals surface area contributed by atoms with Gasteiger partial charge in [-0.3, -0.25) is 0 Å². The van der Waals surface area contributed by atoms with Gasteiger partial charge in [0.25, 0.3) is 0 Å². The maximum absolute atomic E-state index is 6.11. The van der Waals surface area contributed by atoms with Crippen molar-refractivity contribution < 1.29 is 0 Å². The SMILES string of the molecule is CN(c1cc(Cl)nnc1Cl)C1CC2CCC(C1)N2. The first-order valence-corrected chi connectivity index (χ1v) is 7.06. The highest BCUT2D eigenvalue weighted by molar-refractivity contribution is 6.33. The summed E-state index contributed by atoms with van der Waals surface area (Å²) in [7, 11) is 2.06. The van der Waals surface area contributed by atoms with Crippen LogP contribution in [0.1, 0.15) is 25.7 Å². The fourth-order valence-electron chi connectivity index (χ4n) is 3.13. The number of nitrogens with zero attached hydrogens (tertiary/aromatic N) is 3. The van der Waals surface area contributed by atoms with Crippen molar-refractivity contribution in [3.05, 3.63) is 16.4 Å². The van der Waals surface area contributed by atoms with E-state index in [1.165, 1.54) is 12.8 Å². The van der Waals surface area contributed by atoms with Crippen molar-refractivity contribution in [2.45, 2.75) is 43.8 Å². The summed E-state index contributed by atoms with van der Waals surface area (Å²) in [6.45, 7) is 0. The quantitative estimate of drug-likeness (QED) is 0.907. The molecule has 0 amide bonds. The molecule has 1 aromatic rings. The van der Waals surface area contributed by atoms with Crippen LogP contribution in [0.4, 0.5) is 5.69 Å². The van der Waals surface area contributed by atoms with E-state index in [0.717, 1.165) is 18.5 Å². The Morgan fingerprint density at radius 1 is 1.22 bits per heavy atom. The minimum atomic E-state index is 0.387. The van der Waals surface area contributed by atoms with Crippen molar-refractivity contribution in [3.63, 3.8) is 0 Å². The van der Waals surface area contributed by atoms with E-state index in [2.05, 4.69) is 27.5 Å². The van der Waals surface area contributed by atoms with E-state index in [1.54, 1.807) is 6.07 Å². The van der Waals surface area contributed by atoms with Gasteiger partial charge < -0.3 is 10.2 Å². The highest BCUT2D eigenvalue weighted by atomic mass is 35.5. The van der Waals surface area contributed by atoms with Gasteiger partial charge in [-0.25, -0.2) is 0 Å². The highest BCUT2D eigenvalue weighted by Crippen LogP contribution is 2.33. The summed E-state index contributed by atoms with van der Waals surface area (Å²) >= 11 is 12.0. The number of rotatable bonds is 2. The molecule has 2 unspecified atom stereocenters. The largest absolute Gasteiger partial charge is 0.369 e. The van der Waals surface area contributed by atoms with E-state index in [4.69, 9.17) is 23.2 Å². The standard InChI is InChI=1S/C12H16Cl2N4/c1-18(10-6-11(13)16-17-12(10)14)9-4-7-2-3-8(5-9)15-7/h6-9,15H,2-5H2,1H3. The molecule has 0 radical (unpaired) electrons. The molecule has 3 heterocycles. The van der Waals surface area contributed by atoms with Crippen molar-refractivity contribution in [1.29, 1.82) is 0 Å². The maximum Gasteiger partial charge on any atom is 0.175 e. The van der Waals surface area contributed by atoms with Crippen molar-refractivity contribution in [1.82, 2.24) is 15.5 Å². The molecular weight excluding hydrogens is 271 g/mol. The van der Waals surface area contributed by atoms with Gasteiger partial charge in [0, 0.05) is 31.2 Å². The van der Waals surface area contributed by atoms with E-state index >= 15 is 0 Å². The van der Waals surface area contributed by atoms with Gasteiger partial charge in [0.15, 0.2) is 10.3 Å². The number of aromatic nitrogens is 2. The summed E-state index contributed by atoms with van der Waals surface area (Å²) in [5, 5.41) is 12.1. The molecule has 2 aliphatic heterocycles. The molecule has 0 aliphatic carbocycles. The number of piperidine rings is 1. The predicted octanol–water partition coefficient (Wildman–Crippen LogP) is 2.50. The number of halogens is 2. The molecule has 98 valence electrons. The van der Waals surface area contributed by atoms with Gasteiger partial charge in [0.2, 0.25) is 0 Å². The Labute approximate surface area is 117 Å². The van der Waals surface area contributed by atoms with E-state index in [1.807, 2.05) is 0 Å². The van der Waals surface area contributed by atoms with E-state index < -0.39 is 0 Å². The van der Waals surface area contributed by atoms with Crippen LogP contribution in [0.5, 0.6) is 0 Å². The van der Waals surface area contributed by atoms with Crippen LogP contribution in [0, 0.1) is 0 Å². The summed E-state index contributed by atoms with van der Waals surface area (Å²) < 4.78 is 0. The number of nitrogens with one attached hydrogen (secondary N) is 1. The Morgan fingerprint density at radius 2 is 1.89 bits per heavy atom. The van der Waals surface area contributed by atoms with E-state index in [0.29, 0.717) is 28.4 Å². The average molecular weight is 287 g/mol. The third-order valence-electron chi connectivity index (χ3n) is 4.08. The van der Waals surface area contributed by atoms with Crippen LogP contribution in [0.15, 0.2) is 6.07 Å². The molecule has 6 heteroatoms. The molecule has 2 atom stereocenters. The Morgan fingerprint density at radius 3 is 2.56 bits per heavy atom. The fourth-order valence-corrected chi connectivity index (χ4v) is 3.50. The minimum Gasteiger partial charge on any atom is -0.369 e. The van der Waals surface area contributed by atoms with E-state index in [-0.39, 0.29) is 0 Å². The van der Waals surface area contributed by atoms with Gasteiger partial charge in [-0.05, 0) is 25.7 Å². The third-order valence-corrected chi connectivity index (χ3v) is 4.53. The zero-order valence-corrected chi connectivity index (χ0v) is 11.7. The monoisotopic (exact) mass is 286 g/mol. The molecule has 2 fully saturated rings. The first kappa shape index (κ1) is 12.5. The number of fused-ring (bicyclic) bond motifs is 2. The lowest BCUT2D eigenvalue weighted by molar-refractivity contribution is 0.354. The lowest BCUT2D eigenvalue weighted by atomic mass is 9.98. The molecule has 0 spiro atoms. The van der Waals surface area contributed by atoms with Crippen LogP contribution < -0.4 is 10.2 Å². The van der Waals surface area contributed by atoms with Crippen LogP contribution in [0.3, 0.4) is 0 Å². The van der Waals surface area contributed by atoms with Gasteiger partial charge in [0.05, 0.1) is 5.69 Å². The van der Waals surface area contributed by atoms with Crippen LogP contribution in [-0.2, 0) is 0 Å². The van der Waals surface area contributed by atoms with Crippen molar-refractivity contribution in [2.24, 2.45) is 0 Å².